The zero-order valence-corrected chi connectivity index (χ0v) is 5.76. The van der Waals surface area contributed by atoms with Crippen LogP contribution >= 0.6 is 0 Å². The van der Waals surface area contributed by atoms with Crippen LogP contribution in [0.2, 0.25) is 0 Å². The largest absolute Gasteiger partial charge is 0.508 e. The molecule has 0 saturated heterocycles. The highest BCUT2D eigenvalue weighted by Crippen LogP contribution is 2.10. The molecule has 0 aliphatic heterocycles. The molecule has 0 spiro atoms. The van der Waals surface area contributed by atoms with Crippen LogP contribution in [0.4, 0.5) is 0 Å². The number of aromatic hydroxyl groups is 1. The molecule has 52 valence electrons. The van der Waals surface area contributed by atoms with Crippen LogP contribution in [0, 0.1) is 5.41 Å². The third kappa shape index (κ3) is 1.35. The lowest BCUT2D eigenvalue weighted by Crippen LogP contribution is -1.89. The molecule has 10 heavy (non-hydrogen) atoms. The van der Waals surface area contributed by atoms with E-state index in [1.54, 1.807) is 31.2 Å². The Bertz CT molecular complexity index is 255. The standard InChI is InChI=1S/C8H9NO/c1-6(9)7-3-2-4-8(10)5-7/h2-5,9-10H,1H3. The second-order valence-electron chi connectivity index (χ2n) is 2.18. The van der Waals surface area contributed by atoms with Crippen molar-refractivity contribution in [3.63, 3.8) is 0 Å². The van der Waals surface area contributed by atoms with E-state index in [1.165, 1.54) is 0 Å². The molecule has 0 radical (unpaired) electrons. The first-order valence-corrected chi connectivity index (χ1v) is 3.04. The highest BCUT2D eigenvalue weighted by molar-refractivity contribution is 5.96. The molecule has 2 N–H and O–H groups in total. The van der Waals surface area contributed by atoms with E-state index in [0.29, 0.717) is 5.71 Å². The van der Waals surface area contributed by atoms with Crippen LogP contribution in [0.25, 0.3) is 0 Å². The summed E-state index contributed by atoms with van der Waals surface area (Å²) in [7, 11) is 0. The van der Waals surface area contributed by atoms with Crippen molar-refractivity contribution in [2.24, 2.45) is 0 Å². The second kappa shape index (κ2) is 2.52. The lowest BCUT2D eigenvalue weighted by molar-refractivity contribution is 0.475. The van der Waals surface area contributed by atoms with E-state index in [4.69, 9.17) is 10.5 Å². The van der Waals surface area contributed by atoms with E-state index in [0.717, 1.165) is 5.56 Å². The van der Waals surface area contributed by atoms with Crippen molar-refractivity contribution in [1.29, 1.82) is 5.41 Å². The van der Waals surface area contributed by atoms with Crippen molar-refractivity contribution in [2.75, 3.05) is 0 Å². The van der Waals surface area contributed by atoms with Gasteiger partial charge in [-0.25, -0.2) is 0 Å². The van der Waals surface area contributed by atoms with Crippen LogP contribution in [0.5, 0.6) is 5.75 Å². The van der Waals surface area contributed by atoms with E-state index in [-0.39, 0.29) is 5.75 Å². The molecule has 1 aromatic carbocycles. The Balaban J connectivity index is 3.07. The highest BCUT2D eigenvalue weighted by atomic mass is 16.3. The average molecular weight is 135 g/mol. The molecule has 0 aliphatic rings. The van der Waals surface area contributed by atoms with E-state index < -0.39 is 0 Å². The lowest BCUT2D eigenvalue weighted by atomic mass is 10.1. The van der Waals surface area contributed by atoms with Crippen molar-refractivity contribution in [3.8, 4) is 5.75 Å². The zero-order valence-electron chi connectivity index (χ0n) is 5.76. The Hall–Kier alpha value is -1.31. The Labute approximate surface area is 59.6 Å². The molecular weight excluding hydrogens is 126 g/mol. The van der Waals surface area contributed by atoms with Crippen LogP contribution in [-0.2, 0) is 0 Å². The first-order chi connectivity index (χ1) is 4.70. The number of phenolic OH excluding ortho intramolecular Hbond substituents is 1. The van der Waals surface area contributed by atoms with Crippen LogP contribution in [0.1, 0.15) is 12.5 Å². The topological polar surface area (TPSA) is 44.1 Å². The first-order valence-electron chi connectivity index (χ1n) is 3.04. The van der Waals surface area contributed by atoms with Crippen LogP contribution in [0.3, 0.4) is 0 Å². The highest BCUT2D eigenvalue weighted by Gasteiger charge is 1.93. The molecule has 0 heterocycles. The van der Waals surface area contributed by atoms with Gasteiger partial charge in [0.2, 0.25) is 0 Å². The van der Waals surface area contributed by atoms with E-state index in [9.17, 15) is 0 Å². The van der Waals surface area contributed by atoms with Gasteiger partial charge >= 0.3 is 0 Å². The predicted molar refractivity (Wildman–Crippen MR) is 40.6 cm³/mol. The van der Waals surface area contributed by atoms with Gasteiger partial charge in [0.15, 0.2) is 0 Å². The fraction of sp³-hybridized carbons (Fsp3) is 0.125. The average Bonchev–Trinajstić information content (AvgIpc) is 1.88. The zero-order chi connectivity index (χ0) is 7.56. The SMILES string of the molecule is CC(=N)c1cccc(O)c1. The number of hydrogen-bond donors (Lipinski definition) is 2. The maximum Gasteiger partial charge on any atom is 0.116 e. The minimum Gasteiger partial charge on any atom is -0.508 e. The van der Waals surface area contributed by atoms with Crippen LogP contribution < -0.4 is 0 Å². The lowest BCUT2D eigenvalue weighted by Gasteiger charge is -1.96. The van der Waals surface area contributed by atoms with Gasteiger partial charge in [0.25, 0.3) is 0 Å². The van der Waals surface area contributed by atoms with Crippen LogP contribution in [0.15, 0.2) is 24.3 Å². The van der Waals surface area contributed by atoms with Crippen molar-refractivity contribution >= 4 is 5.71 Å². The van der Waals surface area contributed by atoms with E-state index in [1.807, 2.05) is 0 Å². The van der Waals surface area contributed by atoms with Gasteiger partial charge < -0.3 is 10.5 Å². The molecule has 0 aromatic heterocycles. The maximum absolute atomic E-state index is 8.97. The molecule has 0 amide bonds. The number of benzene rings is 1. The third-order valence-corrected chi connectivity index (χ3v) is 1.28. The number of hydrogen-bond acceptors (Lipinski definition) is 2. The van der Waals surface area contributed by atoms with Gasteiger partial charge in [-0.3, -0.25) is 0 Å². The van der Waals surface area contributed by atoms with Gasteiger partial charge in [-0.05, 0) is 24.6 Å². The summed E-state index contributed by atoms with van der Waals surface area (Å²) in [4.78, 5) is 0. The van der Waals surface area contributed by atoms with Crippen molar-refractivity contribution in [2.45, 2.75) is 6.92 Å². The minimum atomic E-state index is 0.212. The molecule has 0 atom stereocenters. The summed E-state index contributed by atoms with van der Waals surface area (Å²) in [6.45, 7) is 1.69. The summed E-state index contributed by atoms with van der Waals surface area (Å²) >= 11 is 0. The first kappa shape index (κ1) is 6.81. The molecule has 0 fully saturated rings. The summed E-state index contributed by atoms with van der Waals surface area (Å²) in [6, 6.07) is 6.68. The molecule has 1 aromatic rings. The van der Waals surface area contributed by atoms with E-state index in [2.05, 4.69) is 0 Å². The van der Waals surface area contributed by atoms with Gasteiger partial charge in [0.1, 0.15) is 5.75 Å². The van der Waals surface area contributed by atoms with Gasteiger partial charge in [-0.2, -0.15) is 0 Å². The summed E-state index contributed by atoms with van der Waals surface area (Å²) in [5.74, 6) is 0.212. The molecule has 0 aliphatic carbocycles. The number of rotatable bonds is 1. The monoisotopic (exact) mass is 135 g/mol. The minimum absolute atomic E-state index is 0.212. The van der Waals surface area contributed by atoms with E-state index >= 15 is 0 Å². The smallest absolute Gasteiger partial charge is 0.116 e. The van der Waals surface area contributed by atoms with Gasteiger partial charge in [0.05, 0.1) is 0 Å². The van der Waals surface area contributed by atoms with Crippen LogP contribution in [-0.4, -0.2) is 10.8 Å². The summed E-state index contributed by atoms with van der Waals surface area (Å²) < 4.78 is 0. The molecular formula is C8H9NO. The second-order valence-corrected chi connectivity index (χ2v) is 2.18. The van der Waals surface area contributed by atoms with Crippen molar-refractivity contribution < 1.29 is 5.11 Å². The van der Waals surface area contributed by atoms with Crippen molar-refractivity contribution in [1.82, 2.24) is 0 Å². The fourth-order valence-electron chi connectivity index (χ4n) is 0.739. The molecule has 2 heteroatoms. The normalized spacial score (nSPS) is 9.30. The summed E-state index contributed by atoms with van der Waals surface area (Å²) in [5, 5.41) is 16.2. The Morgan fingerprint density at radius 2 is 2.20 bits per heavy atom. The molecule has 0 unspecified atom stereocenters. The van der Waals surface area contributed by atoms with Gasteiger partial charge in [-0.15, -0.1) is 0 Å². The van der Waals surface area contributed by atoms with Gasteiger partial charge in [0, 0.05) is 5.71 Å². The third-order valence-electron chi connectivity index (χ3n) is 1.28. The fourth-order valence-corrected chi connectivity index (χ4v) is 0.739. The maximum atomic E-state index is 8.97. The summed E-state index contributed by atoms with van der Waals surface area (Å²) in [6.07, 6.45) is 0. The Kier molecular flexibility index (Phi) is 1.71. The van der Waals surface area contributed by atoms with Gasteiger partial charge in [-0.1, -0.05) is 12.1 Å². The number of nitrogens with one attached hydrogen (secondary N) is 1. The quantitative estimate of drug-likeness (QED) is 0.566. The summed E-state index contributed by atoms with van der Waals surface area (Å²) in [5.41, 5.74) is 1.23. The predicted octanol–water partition coefficient (Wildman–Crippen LogP) is 1.78. The Morgan fingerprint density at radius 3 is 2.60 bits per heavy atom. The molecule has 0 bridgehead atoms. The number of phenols is 1. The molecule has 1 rings (SSSR count). The molecule has 0 saturated carbocycles. The molecule has 2 nitrogen and oxygen atoms in total. The van der Waals surface area contributed by atoms with Crippen molar-refractivity contribution in [3.05, 3.63) is 29.8 Å². The Morgan fingerprint density at radius 1 is 1.50 bits per heavy atom.